The molecular formula is C8H20N3O+. The Hall–Kier alpha value is -1.06. The van der Waals surface area contributed by atoms with E-state index in [0.717, 1.165) is 6.41 Å². The normalized spacial score (nSPS) is 7.50. The molecule has 72 valence electrons. The van der Waals surface area contributed by atoms with Gasteiger partial charge in [-0.15, -0.1) is 0 Å². The summed E-state index contributed by atoms with van der Waals surface area (Å²) in [5.74, 6) is 1.18. The molecule has 4 nitrogen and oxygen atoms in total. The molecule has 0 aliphatic heterocycles. The maximum Gasteiger partial charge on any atom is 0.240 e. The highest BCUT2D eigenvalue weighted by Gasteiger charge is 1.88. The van der Waals surface area contributed by atoms with Crippen LogP contribution in [-0.2, 0) is 4.79 Å². The van der Waals surface area contributed by atoms with Gasteiger partial charge in [0.2, 0.25) is 12.2 Å². The summed E-state index contributed by atoms with van der Waals surface area (Å²) in [7, 11) is 9.30. The molecule has 0 radical (unpaired) electrons. The van der Waals surface area contributed by atoms with Gasteiger partial charge in [-0.05, 0) is 0 Å². The predicted molar refractivity (Wildman–Crippen MR) is 51.6 cm³/mol. The van der Waals surface area contributed by atoms with Crippen molar-refractivity contribution in [2.24, 2.45) is 0 Å². The van der Waals surface area contributed by atoms with Gasteiger partial charge >= 0.3 is 0 Å². The third-order valence-electron chi connectivity index (χ3n) is 1.24. The molecule has 12 heavy (non-hydrogen) atoms. The van der Waals surface area contributed by atoms with Gasteiger partial charge in [0.1, 0.15) is 0 Å². The molecule has 0 aromatic rings. The molecular weight excluding hydrogens is 154 g/mol. The third kappa shape index (κ3) is 11.7. The molecule has 0 unspecified atom stereocenters. The molecule has 4 heteroatoms. The molecule has 0 aliphatic rings. The largest absolute Gasteiger partial charge is 0.351 e. The standard InChI is InChI=1S/C5H12N2.C3H7NO/c1-5(6-2)7(3)4;1-4(2)3-5/h1-4H3;3H,1-2H3/p+1. The first-order valence-electron chi connectivity index (χ1n) is 3.76. The van der Waals surface area contributed by atoms with Gasteiger partial charge in [-0.25, -0.2) is 0 Å². The average Bonchev–Trinajstić information content (AvgIpc) is 2.04. The van der Waals surface area contributed by atoms with Gasteiger partial charge in [-0.3, -0.25) is 14.7 Å². The molecule has 0 heterocycles. The molecule has 0 fully saturated rings. The van der Waals surface area contributed by atoms with Crippen molar-refractivity contribution >= 4 is 12.2 Å². The van der Waals surface area contributed by atoms with E-state index in [4.69, 9.17) is 0 Å². The Bertz CT molecular complexity index is 148. The molecule has 1 amide bonds. The number of hydrogen-bond acceptors (Lipinski definition) is 1. The van der Waals surface area contributed by atoms with Crippen molar-refractivity contribution < 1.29 is 9.37 Å². The summed E-state index contributed by atoms with van der Waals surface area (Å²) in [4.78, 5) is 10.9. The highest BCUT2D eigenvalue weighted by Crippen LogP contribution is 1.60. The number of amidine groups is 1. The molecule has 0 rings (SSSR count). The second kappa shape index (κ2) is 8.04. The van der Waals surface area contributed by atoms with E-state index < -0.39 is 0 Å². The fourth-order valence-corrected chi connectivity index (χ4v) is 0.224. The monoisotopic (exact) mass is 174 g/mol. The van der Waals surface area contributed by atoms with Gasteiger partial charge in [0, 0.05) is 21.0 Å². The zero-order valence-electron chi connectivity index (χ0n) is 8.88. The Morgan fingerprint density at radius 2 is 1.75 bits per heavy atom. The second-order valence-electron chi connectivity index (χ2n) is 2.80. The quantitative estimate of drug-likeness (QED) is 0.254. The van der Waals surface area contributed by atoms with Gasteiger partial charge in [0.15, 0.2) is 0 Å². The van der Waals surface area contributed by atoms with E-state index in [-0.39, 0.29) is 0 Å². The van der Waals surface area contributed by atoms with Crippen molar-refractivity contribution in [2.45, 2.75) is 6.92 Å². The topological polar surface area (TPSA) is 35.4 Å². The zero-order valence-corrected chi connectivity index (χ0v) is 8.88. The Balaban J connectivity index is 0. The van der Waals surface area contributed by atoms with E-state index in [1.807, 2.05) is 32.6 Å². The molecule has 0 saturated heterocycles. The molecule has 0 aromatic carbocycles. The molecule has 1 N–H and O–H groups in total. The van der Waals surface area contributed by atoms with Crippen molar-refractivity contribution in [1.29, 1.82) is 0 Å². The first-order valence-corrected chi connectivity index (χ1v) is 3.76. The van der Waals surface area contributed by atoms with Crippen LogP contribution in [-0.4, -0.2) is 57.0 Å². The van der Waals surface area contributed by atoms with Crippen LogP contribution in [0, 0.1) is 0 Å². The predicted octanol–water partition coefficient (Wildman–Crippen LogP) is -0.399. The minimum atomic E-state index is 0.750. The number of carbonyl (C=O) groups excluding carboxylic acids is 1. The number of amides is 1. The maximum absolute atomic E-state index is 9.43. The molecule has 0 atom stereocenters. The van der Waals surface area contributed by atoms with Crippen LogP contribution in [0.15, 0.2) is 0 Å². The van der Waals surface area contributed by atoms with Crippen molar-refractivity contribution in [3.63, 3.8) is 0 Å². The molecule has 0 saturated carbocycles. The summed E-state index contributed by atoms with van der Waals surface area (Å²) in [5, 5.41) is 3.01. The van der Waals surface area contributed by atoms with Gasteiger partial charge in [-0.2, -0.15) is 0 Å². The summed E-state index contributed by atoms with van der Waals surface area (Å²) in [5.41, 5.74) is 0. The van der Waals surface area contributed by atoms with Gasteiger partial charge in [0.05, 0.1) is 21.1 Å². The van der Waals surface area contributed by atoms with Crippen LogP contribution in [0.2, 0.25) is 0 Å². The fourth-order valence-electron chi connectivity index (χ4n) is 0.224. The number of nitrogens with zero attached hydrogens (tertiary/aromatic N) is 2. The van der Waals surface area contributed by atoms with Gasteiger partial charge in [-0.1, -0.05) is 0 Å². The van der Waals surface area contributed by atoms with E-state index in [0.29, 0.717) is 0 Å². The maximum atomic E-state index is 9.43. The van der Waals surface area contributed by atoms with Crippen LogP contribution < -0.4 is 5.32 Å². The van der Waals surface area contributed by atoms with Crippen LogP contribution in [0.3, 0.4) is 0 Å². The summed E-state index contributed by atoms with van der Waals surface area (Å²) in [6.45, 7) is 2.03. The van der Waals surface area contributed by atoms with Crippen LogP contribution in [0.25, 0.3) is 0 Å². The van der Waals surface area contributed by atoms with E-state index in [1.165, 1.54) is 10.7 Å². The lowest BCUT2D eigenvalue weighted by molar-refractivity contribution is -0.467. The van der Waals surface area contributed by atoms with Crippen LogP contribution in [0.5, 0.6) is 0 Å². The minimum absolute atomic E-state index is 0.750. The number of carbonyl (C=O) groups is 1. The Morgan fingerprint density at radius 1 is 1.42 bits per heavy atom. The highest BCUT2D eigenvalue weighted by atomic mass is 16.1. The van der Waals surface area contributed by atoms with E-state index in [2.05, 4.69) is 5.32 Å². The molecule has 0 aromatic heterocycles. The van der Waals surface area contributed by atoms with Crippen LogP contribution in [0.1, 0.15) is 6.92 Å². The van der Waals surface area contributed by atoms with E-state index in [1.54, 1.807) is 14.1 Å². The number of nitrogens with one attached hydrogen (secondary N) is 1. The van der Waals surface area contributed by atoms with Crippen molar-refractivity contribution in [3.8, 4) is 0 Å². The van der Waals surface area contributed by atoms with Crippen molar-refractivity contribution in [2.75, 3.05) is 35.2 Å². The highest BCUT2D eigenvalue weighted by molar-refractivity contribution is 5.73. The SMILES string of the molecule is CN(C)C=O.CNC(C)=[N+](C)C. The van der Waals surface area contributed by atoms with E-state index in [9.17, 15) is 4.79 Å². The average molecular weight is 174 g/mol. The van der Waals surface area contributed by atoms with E-state index >= 15 is 0 Å². The first kappa shape index (κ1) is 13.5. The van der Waals surface area contributed by atoms with Crippen LogP contribution in [0.4, 0.5) is 0 Å². The van der Waals surface area contributed by atoms with Crippen molar-refractivity contribution in [1.82, 2.24) is 10.2 Å². The first-order chi connectivity index (χ1) is 5.45. The third-order valence-corrected chi connectivity index (χ3v) is 1.24. The summed E-state index contributed by atoms with van der Waals surface area (Å²) in [6.07, 6.45) is 0.750. The summed E-state index contributed by atoms with van der Waals surface area (Å²) >= 11 is 0. The Morgan fingerprint density at radius 3 is 1.75 bits per heavy atom. The zero-order chi connectivity index (χ0) is 10.1. The number of hydrogen-bond donors (Lipinski definition) is 1. The lowest BCUT2D eigenvalue weighted by atomic mass is 10.6. The lowest BCUT2D eigenvalue weighted by Crippen LogP contribution is -2.23. The Labute approximate surface area is 74.9 Å². The Kier molecular flexibility index (Phi) is 9.06. The second-order valence-corrected chi connectivity index (χ2v) is 2.80. The lowest BCUT2D eigenvalue weighted by Gasteiger charge is -1.93. The molecule has 0 aliphatic carbocycles. The van der Waals surface area contributed by atoms with Crippen molar-refractivity contribution in [3.05, 3.63) is 0 Å². The number of rotatable bonds is 1. The molecule has 0 spiro atoms. The smallest absolute Gasteiger partial charge is 0.240 e. The molecule has 0 bridgehead atoms. The summed E-state index contributed by atoms with van der Waals surface area (Å²) in [6, 6.07) is 0. The van der Waals surface area contributed by atoms with Crippen LogP contribution >= 0.6 is 0 Å². The summed E-state index contributed by atoms with van der Waals surface area (Å²) < 4.78 is 2.03. The fraction of sp³-hybridized carbons (Fsp3) is 0.750. The van der Waals surface area contributed by atoms with Gasteiger partial charge < -0.3 is 4.90 Å². The minimum Gasteiger partial charge on any atom is -0.351 e. The van der Waals surface area contributed by atoms with Gasteiger partial charge in [0.25, 0.3) is 0 Å².